The van der Waals surface area contributed by atoms with Crippen molar-refractivity contribution in [3.8, 4) is 0 Å². The summed E-state index contributed by atoms with van der Waals surface area (Å²) in [7, 11) is -2.64. The third-order valence-corrected chi connectivity index (χ3v) is 17.1. The molecule has 4 N–H and O–H groups in total. The third-order valence-electron chi connectivity index (χ3n) is 9.47. The monoisotopic (exact) mass is 807 g/mol. The SMILES string of the molecule is CC(C)(C)[Si](C)(C)O[C@H]1[C@H]2OP(O)(=S)OC[C@H]3O[C@@H](n4cnc5c(N)ncnc54)[C@H](F)[C@@H]3OP(=O)(S)OC[C@H]1O[C@H]2c1cnn2c(=O)[nH]ncc12. The van der Waals surface area contributed by atoms with Gasteiger partial charge in [0.1, 0.15) is 48.5 Å². The number of alkyl halides is 1. The number of hydrogen-bond donors (Lipinski definition) is 4. The van der Waals surface area contributed by atoms with E-state index in [9.17, 15) is 14.3 Å². The van der Waals surface area contributed by atoms with Crippen molar-refractivity contribution in [2.45, 2.75) is 87.9 Å². The molecule has 3 saturated heterocycles. The van der Waals surface area contributed by atoms with Crippen molar-refractivity contribution in [1.82, 2.24) is 39.3 Å². The number of nitrogen functional groups attached to an aromatic ring is 1. The average molecular weight is 808 g/mol. The third kappa shape index (κ3) is 6.97. The molecular weight excluding hydrogens is 772 g/mol. The molecule has 0 saturated carbocycles. The van der Waals surface area contributed by atoms with Crippen LogP contribution in [0.3, 0.4) is 0 Å². The highest BCUT2D eigenvalue weighted by molar-refractivity contribution is 8.44. The number of nitrogens with zero attached hydrogens (tertiary/aromatic N) is 7. The Morgan fingerprint density at radius 3 is 2.63 bits per heavy atom. The number of nitrogens with two attached hydrogens (primary N) is 1. The molecule has 278 valence electrons. The van der Waals surface area contributed by atoms with Crippen LogP contribution in [0.5, 0.6) is 0 Å². The smallest absolute Gasteiger partial charge is 0.386 e. The summed E-state index contributed by atoms with van der Waals surface area (Å²) in [6.45, 7) is 0.452. The number of thiol groups is 1. The van der Waals surface area contributed by atoms with E-state index in [0.717, 1.165) is 4.52 Å². The Hall–Kier alpha value is -2.24. The van der Waals surface area contributed by atoms with Gasteiger partial charge in [-0.2, -0.15) is 14.7 Å². The number of ether oxygens (including phenoxy) is 2. The second-order valence-electron chi connectivity index (χ2n) is 13.8. The van der Waals surface area contributed by atoms with Gasteiger partial charge in [-0.05, 0) is 29.9 Å². The predicted molar refractivity (Wildman–Crippen MR) is 187 cm³/mol. The molecule has 0 spiro atoms. The first kappa shape index (κ1) is 37.1. The van der Waals surface area contributed by atoms with Crippen LogP contribution < -0.4 is 11.4 Å². The molecule has 2 bridgehead atoms. The highest BCUT2D eigenvalue weighted by atomic mass is 32.7. The molecule has 3 fully saturated rings. The minimum Gasteiger partial charge on any atom is -0.408 e. The van der Waals surface area contributed by atoms with Gasteiger partial charge >= 0.3 is 19.2 Å². The topological polar surface area (TPSA) is 235 Å². The van der Waals surface area contributed by atoms with Crippen molar-refractivity contribution in [3.63, 3.8) is 0 Å². The van der Waals surface area contributed by atoms with Crippen LogP contribution in [0.2, 0.25) is 18.1 Å². The number of fused-ring (bicyclic) bond motifs is 5. The minimum atomic E-state index is -4.39. The largest absolute Gasteiger partial charge is 0.408 e. The van der Waals surface area contributed by atoms with Gasteiger partial charge in [0.05, 0.1) is 37.5 Å². The lowest BCUT2D eigenvalue weighted by molar-refractivity contribution is -0.0473. The van der Waals surface area contributed by atoms with Gasteiger partial charge in [-0.1, -0.05) is 33.0 Å². The number of rotatable bonds is 4. The first-order valence-electron chi connectivity index (χ1n) is 15.6. The van der Waals surface area contributed by atoms with E-state index in [4.69, 9.17) is 49.5 Å². The molecule has 10 atom stereocenters. The summed E-state index contributed by atoms with van der Waals surface area (Å²) in [5.74, 6) is 0.0684. The maximum atomic E-state index is 16.3. The maximum absolute atomic E-state index is 16.3. The van der Waals surface area contributed by atoms with E-state index in [2.05, 4.69) is 42.5 Å². The van der Waals surface area contributed by atoms with Crippen molar-refractivity contribution < 1.29 is 45.8 Å². The average Bonchev–Trinajstić information content (AvgIpc) is 3.80. The van der Waals surface area contributed by atoms with Gasteiger partial charge in [-0.3, -0.25) is 18.1 Å². The van der Waals surface area contributed by atoms with Gasteiger partial charge in [0.2, 0.25) is 0 Å². The summed E-state index contributed by atoms with van der Waals surface area (Å²) in [5.41, 5.74) is 6.32. The van der Waals surface area contributed by atoms with Crippen LogP contribution in [0, 0.1) is 0 Å². The maximum Gasteiger partial charge on any atom is 0.386 e. The number of aromatic amines is 1. The van der Waals surface area contributed by atoms with E-state index < -0.39 is 89.8 Å². The second-order valence-corrected chi connectivity index (χ2v) is 24.2. The first-order valence-corrected chi connectivity index (χ1v) is 23.8. The van der Waals surface area contributed by atoms with E-state index in [-0.39, 0.29) is 27.5 Å². The number of aromatic nitrogens is 8. The number of H-pyrrole nitrogens is 1. The Balaban J connectivity index is 1.26. The number of anilines is 1. The first-order chi connectivity index (χ1) is 23.9. The molecule has 25 heteroatoms. The van der Waals surface area contributed by atoms with E-state index in [1.54, 1.807) is 0 Å². The molecule has 51 heavy (non-hydrogen) atoms. The Bertz CT molecular complexity index is 2120. The summed E-state index contributed by atoms with van der Waals surface area (Å²) >= 11 is 9.69. The fourth-order valence-electron chi connectivity index (χ4n) is 5.90. The van der Waals surface area contributed by atoms with Gasteiger partial charge in [-0.15, -0.1) is 0 Å². The van der Waals surface area contributed by atoms with Crippen LogP contribution in [0.25, 0.3) is 16.7 Å². The molecule has 3 aliphatic rings. The Morgan fingerprint density at radius 2 is 1.88 bits per heavy atom. The second kappa shape index (κ2) is 13.3. The molecular formula is C26H36FN9O10P2S2Si. The summed E-state index contributed by atoms with van der Waals surface area (Å²) < 4.78 is 75.3. The molecule has 7 heterocycles. The molecule has 0 radical (unpaired) electrons. The van der Waals surface area contributed by atoms with Crippen LogP contribution in [0.15, 0.2) is 29.8 Å². The van der Waals surface area contributed by atoms with Gasteiger partial charge < -0.3 is 29.1 Å². The van der Waals surface area contributed by atoms with Crippen LogP contribution >= 0.6 is 25.8 Å². The molecule has 4 aromatic heterocycles. The Kier molecular flexibility index (Phi) is 9.64. The van der Waals surface area contributed by atoms with Crippen molar-refractivity contribution in [1.29, 1.82) is 0 Å². The van der Waals surface area contributed by atoms with Crippen molar-refractivity contribution in [2.24, 2.45) is 0 Å². The summed E-state index contributed by atoms with van der Waals surface area (Å²) in [4.78, 5) is 36.2. The van der Waals surface area contributed by atoms with Gasteiger partial charge in [0, 0.05) is 5.56 Å². The van der Waals surface area contributed by atoms with Gasteiger partial charge in [0.15, 0.2) is 32.2 Å². The molecule has 19 nitrogen and oxygen atoms in total. The molecule has 2 unspecified atom stereocenters. The van der Waals surface area contributed by atoms with Gasteiger partial charge in [0.25, 0.3) is 0 Å². The lowest BCUT2D eigenvalue weighted by Crippen LogP contribution is -2.50. The number of imidazole rings is 1. The van der Waals surface area contributed by atoms with Crippen molar-refractivity contribution in [3.05, 3.63) is 41.1 Å². The Morgan fingerprint density at radius 1 is 1.14 bits per heavy atom. The van der Waals surface area contributed by atoms with Crippen LogP contribution in [0.4, 0.5) is 10.2 Å². The summed E-state index contributed by atoms with van der Waals surface area (Å²) in [6.07, 6.45) is -5.38. The van der Waals surface area contributed by atoms with Gasteiger partial charge in [-0.25, -0.2) is 33.8 Å². The molecule has 3 aliphatic heterocycles. The number of hydrogen-bond acceptors (Lipinski definition) is 16. The zero-order valence-corrected chi connectivity index (χ0v) is 32.3. The lowest BCUT2D eigenvalue weighted by atomic mass is 10.0. The van der Waals surface area contributed by atoms with Crippen LogP contribution in [-0.4, -0.2) is 102 Å². The number of halogens is 1. The van der Waals surface area contributed by atoms with E-state index >= 15 is 4.39 Å². The predicted octanol–water partition coefficient (Wildman–Crippen LogP) is 2.98. The van der Waals surface area contributed by atoms with E-state index in [0.29, 0.717) is 5.56 Å². The molecule has 0 aliphatic carbocycles. The lowest BCUT2D eigenvalue weighted by Gasteiger charge is -2.40. The van der Waals surface area contributed by atoms with Crippen LogP contribution in [0.1, 0.15) is 38.7 Å². The standard InChI is InChI=1S/C26H36FN9O10P2S2Si/c1-26(2,3)51(4,5)46-20-15-9-41-47(38,49)44-19-14(43-24(16(19)27)35-11-31-17-22(28)29-10-30-23(17)35)8-40-48(39,50)45-21(20)18(42-15)12-6-33-36-13(12)7-32-34-25(36)37/h6-7,10-11,14-16,18-21,24H,8-9H2,1-5H3,(H,34,37)(H,38,49)(H,39,50)(H2,28,29,30)/t14-,15-,16-,18+,19-,20-,21+,24-,47?,48?/m1/s1. The molecule has 7 rings (SSSR count). The van der Waals surface area contributed by atoms with Crippen LogP contribution in [-0.2, 0) is 48.4 Å². The molecule has 4 aromatic rings. The van der Waals surface area contributed by atoms with E-state index in [1.807, 2.05) is 33.9 Å². The van der Waals surface area contributed by atoms with E-state index in [1.165, 1.54) is 29.6 Å². The fraction of sp³-hybridized carbons (Fsp3) is 0.615. The Labute approximate surface area is 300 Å². The minimum absolute atomic E-state index is 0.0684. The normalized spacial score (nSPS) is 35.4. The highest BCUT2D eigenvalue weighted by Crippen LogP contribution is 2.59. The number of nitrogens with one attached hydrogen (secondary N) is 1. The van der Waals surface area contributed by atoms with Crippen molar-refractivity contribution >= 4 is 68.4 Å². The summed E-state index contributed by atoms with van der Waals surface area (Å²) in [6, 6.07) is 0. The fourth-order valence-corrected chi connectivity index (χ4v) is 10.1. The molecule has 0 aromatic carbocycles. The quantitative estimate of drug-likeness (QED) is 0.132. The molecule has 0 amide bonds. The zero-order valence-electron chi connectivity index (χ0n) is 27.8. The summed E-state index contributed by atoms with van der Waals surface area (Å²) in [5, 5.41) is 10.1. The van der Waals surface area contributed by atoms with Crippen molar-refractivity contribution in [2.75, 3.05) is 18.9 Å². The zero-order chi connectivity index (χ0) is 36.7. The highest BCUT2D eigenvalue weighted by Gasteiger charge is 2.56.